The van der Waals surface area contributed by atoms with Crippen molar-refractivity contribution in [2.45, 2.75) is 19.5 Å². The van der Waals surface area contributed by atoms with Crippen LogP contribution in [0.1, 0.15) is 11.1 Å². The predicted octanol–water partition coefficient (Wildman–Crippen LogP) is 6.05. The van der Waals surface area contributed by atoms with Crippen LogP contribution in [0, 0.1) is 0 Å². The molecule has 0 aliphatic rings. The Kier molecular flexibility index (Phi) is 5.90. The maximum Gasteiger partial charge on any atom is 0.185 e. The van der Waals surface area contributed by atoms with Crippen LogP contribution in [0.2, 0.25) is 0 Å². The zero-order chi connectivity index (χ0) is 21.8. The van der Waals surface area contributed by atoms with Gasteiger partial charge in [0, 0.05) is 29.0 Å². The van der Waals surface area contributed by atoms with Crippen molar-refractivity contribution in [3.8, 4) is 17.0 Å². The third-order valence-electron chi connectivity index (χ3n) is 5.70. The highest BCUT2D eigenvalue weighted by Crippen LogP contribution is 2.24. The molecular formula is C27H25N3OS. The number of para-hydroxylation sites is 1. The van der Waals surface area contributed by atoms with E-state index in [0.29, 0.717) is 6.54 Å². The molecule has 0 saturated carbocycles. The van der Waals surface area contributed by atoms with Gasteiger partial charge < -0.3 is 14.3 Å². The number of methoxy groups -OCH3 is 1. The Morgan fingerprint density at radius 1 is 0.938 bits per heavy atom. The molecule has 0 amide bonds. The van der Waals surface area contributed by atoms with Crippen LogP contribution in [-0.2, 0) is 19.5 Å². The number of hydrogen-bond donors (Lipinski definition) is 1. The highest BCUT2D eigenvalue weighted by Gasteiger charge is 2.10. The third-order valence-corrected chi connectivity index (χ3v) is 6.60. The SMILES string of the molecule is COc1ccc(-c2csc(=NCc3ccccc3)n2CCc2c[nH]c3ccccc23)cc1. The van der Waals surface area contributed by atoms with Crippen LogP contribution in [0.4, 0.5) is 0 Å². The molecule has 5 rings (SSSR count). The van der Waals surface area contributed by atoms with Gasteiger partial charge in [0.1, 0.15) is 5.75 Å². The Bertz CT molecular complexity index is 1380. The second-order valence-corrected chi connectivity index (χ2v) is 8.53. The molecule has 0 aliphatic heterocycles. The Morgan fingerprint density at radius 2 is 1.72 bits per heavy atom. The topological polar surface area (TPSA) is 42.3 Å². The van der Waals surface area contributed by atoms with Gasteiger partial charge in [0.25, 0.3) is 0 Å². The molecule has 0 radical (unpaired) electrons. The molecule has 4 nitrogen and oxygen atoms in total. The van der Waals surface area contributed by atoms with Crippen molar-refractivity contribution in [1.29, 1.82) is 0 Å². The molecule has 0 atom stereocenters. The molecule has 0 fully saturated rings. The minimum atomic E-state index is 0.677. The first-order valence-electron chi connectivity index (χ1n) is 10.7. The number of ether oxygens (including phenoxy) is 1. The van der Waals surface area contributed by atoms with E-state index in [2.05, 4.69) is 81.8 Å². The van der Waals surface area contributed by atoms with Crippen LogP contribution in [0.25, 0.3) is 22.2 Å². The highest BCUT2D eigenvalue weighted by atomic mass is 32.1. The molecule has 32 heavy (non-hydrogen) atoms. The van der Waals surface area contributed by atoms with Gasteiger partial charge in [-0.25, -0.2) is 0 Å². The maximum atomic E-state index is 5.34. The van der Waals surface area contributed by atoms with Crippen molar-refractivity contribution in [2.24, 2.45) is 4.99 Å². The van der Waals surface area contributed by atoms with E-state index in [4.69, 9.17) is 9.73 Å². The monoisotopic (exact) mass is 439 g/mol. The number of rotatable bonds is 7. The summed E-state index contributed by atoms with van der Waals surface area (Å²) in [6.45, 7) is 1.54. The Labute approximate surface area is 191 Å². The van der Waals surface area contributed by atoms with Crippen molar-refractivity contribution < 1.29 is 4.74 Å². The van der Waals surface area contributed by atoms with Gasteiger partial charge in [-0.1, -0.05) is 48.5 Å². The van der Waals surface area contributed by atoms with Crippen LogP contribution in [0.5, 0.6) is 5.75 Å². The number of benzene rings is 3. The minimum absolute atomic E-state index is 0.677. The summed E-state index contributed by atoms with van der Waals surface area (Å²) in [4.78, 5) is 9.40. The second-order valence-electron chi connectivity index (χ2n) is 7.69. The summed E-state index contributed by atoms with van der Waals surface area (Å²) in [7, 11) is 1.70. The standard InChI is InChI=1S/C27H25N3OS/c1-31-23-13-11-21(12-14-23)26-19-32-27(29-17-20-7-3-2-4-8-20)30(26)16-15-22-18-28-25-10-6-5-9-24(22)25/h2-14,18-19,28H,15-17H2,1H3. The lowest BCUT2D eigenvalue weighted by molar-refractivity contribution is 0.415. The molecule has 2 heterocycles. The minimum Gasteiger partial charge on any atom is -0.497 e. The fourth-order valence-corrected chi connectivity index (χ4v) is 4.91. The van der Waals surface area contributed by atoms with E-state index in [9.17, 15) is 0 Å². The van der Waals surface area contributed by atoms with Crippen LogP contribution >= 0.6 is 11.3 Å². The van der Waals surface area contributed by atoms with E-state index in [1.807, 2.05) is 18.2 Å². The van der Waals surface area contributed by atoms with Gasteiger partial charge in [-0.2, -0.15) is 0 Å². The summed E-state index contributed by atoms with van der Waals surface area (Å²) in [5.74, 6) is 0.864. The second kappa shape index (κ2) is 9.28. The summed E-state index contributed by atoms with van der Waals surface area (Å²) < 4.78 is 7.68. The number of nitrogens with zero attached hydrogens (tertiary/aromatic N) is 2. The molecule has 3 aromatic carbocycles. The molecule has 0 aliphatic carbocycles. The third kappa shape index (κ3) is 4.25. The smallest absolute Gasteiger partial charge is 0.185 e. The summed E-state index contributed by atoms with van der Waals surface area (Å²) in [5.41, 5.74) is 6.08. The van der Waals surface area contributed by atoms with Gasteiger partial charge in [-0.15, -0.1) is 11.3 Å². The van der Waals surface area contributed by atoms with E-state index in [-0.39, 0.29) is 0 Å². The first-order valence-corrected chi connectivity index (χ1v) is 11.6. The van der Waals surface area contributed by atoms with Crippen molar-refractivity contribution in [1.82, 2.24) is 9.55 Å². The van der Waals surface area contributed by atoms with Crippen molar-refractivity contribution in [2.75, 3.05) is 7.11 Å². The lowest BCUT2D eigenvalue weighted by atomic mass is 10.1. The largest absolute Gasteiger partial charge is 0.497 e. The molecule has 2 aromatic heterocycles. The average molecular weight is 440 g/mol. The lowest BCUT2D eigenvalue weighted by Gasteiger charge is -2.10. The number of aryl methyl sites for hydroxylation is 1. The summed E-state index contributed by atoms with van der Waals surface area (Å²) in [6, 6.07) is 27.1. The molecule has 0 saturated heterocycles. The number of thiazole rings is 1. The van der Waals surface area contributed by atoms with Crippen LogP contribution in [0.3, 0.4) is 0 Å². The number of hydrogen-bond acceptors (Lipinski definition) is 3. The normalized spacial score (nSPS) is 11.8. The molecule has 160 valence electrons. The zero-order valence-electron chi connectivity index (χ0n) is 18.0. The molecule has 0 spiro atoms. The first-order chi connectivity index (χ1) is 15.8. The fraction of sp³-hybridized carbons (Fsp3) is 0.148. The Balaban J connectivity index is 1.50. The quantitative estimate of drug-likeness (QED) is 0.330. The van der Waals surface area contributed by atoms with E-state index >= 15 is 0 Å². The number of nitrogens with one attached hydrogen (secondary N) is 1. The van der Waals surface area contributed by atoms with Crippen molar-refractivity contribution in [3.63, 3.8) is 0 Å². The van der Waals surface area contributed by atoms with E-state index in [0.717, 1.165) is 23.5 Å². The van der Waals surface area contributed by atoms with Crippen LogP contribution < -0.4 is 9.54 Å². The van der Waals surface area contributed by atoms with Crippen molar-refractivity contribution >= 4 is 22.2 Å². The summed E-state index contributed by atoms with van der Waals surface area (Å²) in [5, 5.41) is 3.50. The van der Waals surface area contributed by atoms with Crippen LogP contribution in [-0.4, -0.2) is 16.7 Å². The van der Waals surface area contributed by atoms with Gasteiger partial charge in [-0.05, 0) is 53.4 Å². The van der Waals surface area contributed by atoms with Crippen molar-refractivity contribution in [3.05, 3.63) is 106 Å². The van der Waals surface area contributed by atoms with Crippen LogP contribution in [0.15, 0.2) is 95.4 Å². The van der Waals surface area contributed by atoms with Gasteiger partial charge in [-0.3, -0.25) is 4.99 Å². The van der Waals surface area contributed by atoms with E-state index in [1.54, 1.807) is 18.4 Å². The molecule has 5 aromatic rings. The highest BCUT2D eigenvalue weighted by molar-refractivity contribution is 7.07. The maximum absolute atomic E-state index is 5.34. The predicted molar refractivity (Wildman–Crippen MR) is 132 cm³/mol. The molecule has 0 bridgehead atoms. The first kappa shape index (κ1) is 20.3. The van der Waals surface area contributed by atoms with E-state index < -0.39 is 0 Å². The molecule has 5 heteroatoms. The number of aromatic amines is 1. The van der Waals surface area contributed by atoms with Gasteiger partial charge >= 0.3 is 0 Å². The zero-order valence-corrected chi connectivity index (χ0v) is 18.8. The summed E-state index contributed by atoms with van der Waals surface area (Å²) >= 11 is 1.70. The number of H-pyrrole nitrogens is 1. The number of aromatic nitrogens is 2. The van der Waals surface area contributed by atoms with E-state index in [1.165, 1.54) is 33.3 Å². The van der Waals surface area contributed by atoms with Gasteiger partial charge in [0.05, 0.1) is 19.3 Å². The number of fused-ring (bicyclic) bond motifs is 1. The van der Waals surface area contributed by atoms with Gasteiger partial charge in [0.2, 0.25) is 0 Å². The summed E-state index contributed by atoms with van der Waals surface area (Å²) in [6.07, 6.45) is 3.06. The molecule has 0 unspecified atom stereocenters. The lowest BCUT2D eigenvalue weighted by Crippen LogP contribution is -2.18. The fourth-order valence-electron chi connectivity index (χ4n) is 3.98. The average Bonchev–Trinajstić information content (AvgIpc) is 3.46. The van der Waals surface area contributed by atoms with Gasteiger partial charge in [0.15, 0.2) is 4.80 Å². The molecular weight excluding hydrogens is 414 g/mol. The Hall–Kier alpha value is -3.57. The Morgan fingerprint density at radius 3 is 2.53 bits per heavy atom. The molecule has 1 N–H and O–H groups in total.